The Morgan fingerprint density at radius 3 is 2.63 bits per heavy atom. The number of amides is 1. The minimum atomic E-state index is -0.923. The van der Waals surface area contributed by atoms with E-state index in [0.29, 0.717) is 12.8 Å². The second kappa shape index (κ2) is 4.97. The number of ether oxygens (including phenoxy) is 1. The highest BCUT2D eigenvalue weighted by molar-refractivity contribution is 6.00. The van der Waals surface area contributed by atoms with Gasteiger partial charge in [-0.2, -0.15) is 0 Å². The molecule has 2 rings (SSSR count). The Morgan fingerprint density at radius 2 is 2.11 bits per heavy atom. The highest BCUT2D eigenvalue weighted by atomic mass is 19.1. The molecule has 5 nitrogen and oxygen atoms in total. The van der Waals surface area contributed by atoms with Crippen LogP contribution in [0.3, 0.4) is 0 Å². The van der Waals surface area contributed by atoms with E-state index in [1.807, 2.05) is 0 Å². The Balaban J connectivity index is 2.19. The van der Waals surface area contributed by atoms with Crippen LogP contribution in [0.4, 0.5) is 10.1 Å². The van der Waals surface area contributed by atoms with Crippen LogP contribution in [0.15, 0.2) is 18.2 Å². The molecular weight excluding hydrogens is 251 g/mol. The van der Waals surface area contributed by atoms with Crippen molar-refractivity contribution in [3.63, 3.8) is 0 Å². The molecule has 1 aliphatic carbocycles. The van der Waals surface area contributed by atoms with Crippen LogP contribution in [0.25, 0.3) is 0 Å². The summed E-state index contributed by atoms with van der Waals surface area (Å²) in [6.45, 7) is 0. The van der Waals surface area contributed by atoms with Crippen molar-refractivity contribution in [3.05, 3.63) is 29.6 Å². The van der Waals surface area contributed by atoms with E-state index in [1.165, 1.54) is 19.2 Å². The molecule has 1 amide bonds. The largest absolute Gasteiger partial charge is 0.465 e. The molecule has 0 atom stereocenters. The van der Waals surface area contributed by atoms with Gasteiger partial charge in [0.15, 0.2) is 0 Å². The van der Waals surface area contributed by atoms with Gasteiger partial charge in [0.1, 0.15) is 5.82 Å². The second-order valence-corrected chi connectivity index (χ2v) is 4.65. The minimum Gasteiger partial charge on any atom is -0.465 e. The number of anilines is 1. The van der Waals surface area contributed by atoms with E-state index < -0.39 is 23.2 Å². The molecule has 19 heavy (non-hydrogen) atoms. The van der Waals surface area contributed by atoms with Gasteiger partial charge in [0, 0.05) is 0 Å². The molecule has 6 heteroatoms. The number of hydrogen-bond donors (Lipinski definition) is 2. The number of nitrogens with two attached hydrogens (primary N) is 1. The van der Waals surface area contributed by atoms with E-state index >= 15 is 0 Å². The summed E-state index contributed by atoms with van der Waals surface area (Å²) >= 11 is 0. The van der Waals surface area contributed by atoms with E-state index in [4.69, 9.17) is 5.73 Å². The van der Waals surface area contributed by atoms with Crippen molar-refractivity contribution in [2.24, 2.45) is 5.73 Å². The summed E-state index contributed by atoms with van der Waals surface area (Å²) in [6, 6.07) is 3.63. The lowest BCUT2D eigenvalue weighted by atomic mass is 9.77. The highest BCUT2D eigenvalue weighted by Gasteiger charge is 2.40. The fourth-order valence-corrected chi connectivity index (χ4v) is 1.90. The number of carbonyl (C=O) groups is 2. The first-order valence-corrected chi connectivity index (χ1v) is 5.94. The predicted molar refractivity (Wildman–Crippen MR) is 67.1 cm³/mol. The average Bonchev–Trinajstić information content (AvgIpc) is 2.37. The Kier molecular flexibility index (Phi) is 3.53. The van der Waals surface area contributed by atoms with Crippen LogP contribution in [0, 0.1) is 5.82 Å². The SMILES string of the molecule is COC(=O)c1ccc(F)c(NC(=O)C2(N)CCC2)c1. The molecule has 3 N–H and O–H groups in total. The lowest BCUT2D eigenvalue weighted by molar-refractivity contribution is -0.123. The first kappa shape index (κ1) is 13.5. The van der Waals surface area contributed by atoms with Gasteiger partial charge in [-0.15, -0.1) is 0 Å². The molecule has 1 fully saturated rings. The Bertz CT molecular complexity index is 527. The van der Waals surface area contributed by atoms with Crippen LogP contribution in [-0.2, 0) is 9.53 Å². The summed E-state index contributed by atoms with van der Waals surface area (Å²) in [5.74, 6) is -1.65. The van der Waals surface area contributed by atoms with Gasteiger partial charge in [-0.3, -0.25) is 4.79 Å². The van der Waals surface area contributed by atoms with Crippen molar-refractivity contribution in [3.8, 4) is 0 Å². The first-order chi connectivity index (χ1) is 8.96. The van der Waals surface area contributed by atoms with Crippen molar-refractivity contribution in [1.29, 1.82) is 0 Å². The van der Waals surface area contributed by atoms with Crippen LogP contribution in [0.5, 0.6) is 0 Å². The van der Waals surface area contributed by atoms with Crippen LogP contribution in [0.1, 0.15) is 29.6 Å². The maximum Gasteiger partial charge on any atom is 0.337 e. The number of hydrogen-bond acceptors (Lipinski definition) is 4. The topological polar surface area (TPSA) is 81.4 Å². The van der Waals surface area contributed by atoms with Crippen LogP contribution < -0.4 is 11.1 Å². The van der Waals surface area contributed by atoms with Gasteiger partial charge in [-0.05, 0) is 37.5 Å². The fourth-order valence-electron chi connectivity index (χ4n) is 1.90. The van der Waals surface area contributed by atoms with E-state index in [1.54, 1.807) is 0 Å². The van der Waals surface area contributed by atoms with Crippen LogP contribution in [0.2, 0.25) is 0 Å². The molecule has 0 unspecified atom stereocenters. The third-order valence-electron chi connectivity index (χ3n) is 3.33. The number of rotatable bonds is 3. The molecule has 1 aliphatic rings. The Hall–Kier alpha value is -1.95. The molecule has 0 spiro atoms. The molecule has 0 heterocycles. The van der Waals surface area contributed by atoms with Gasteiger partial charge in [-0.25, -0.2) is 9.18 Å². The number of halogens is 1. The number of benzene rings is 1. The average molecular weight is 266 g/mol. The van der Waals surface area contributed by atoms with Gasteiger partial charge in [0.25, 0.3) is 0 Å². The quantitative estimate of drug-likeness (QED) is 0.811. The van der Waals surface area contributed by atoms with Crippen LogP contribution in [-0.4, -0.2) is 24.5 Å². The van der Waals surface area contributed by atoms with E-state index in [-0.39, 0.29) is 11.3 Å². The minimum absolute atomic E-state index is 0.0652. The lowest BCUT2D eigenvalue weighted by Gasteiger charge is -2.36. The molecule has 1 aromatic rings. The zero-order valence-electron chi connectivity index (χ0n) is 10.5. The maximum atomic E-state index is 13.6. The monoisotopic (exact) mass is 266 g/mol. The number of nitrogens with one attached hydrogen (secondary N) is 1. The summed E-state index contributed by atoms with van der Waals surface area (Å²) in [4.78, 5) is 23.2. The molecule has 0 saturated heterocycles. The Morgan fingerprint density at radius 1 is 1.42 bits per heavy atom. The van der Waals surface area contributed by atoms with E-state index in [9.17, 15) is 14.0 Å². The first-order valence-electron chi connectivity index (χ1n) is 5.94. The zero-order chi connectivity index (χ0) is 14.0. The molecule has 0 aromatic heterocycles. The summed E-state index contributed by atoms with van der Waals surface area (Å²) < 4.78 is 18.1. The lowest BCUT2D eigenvalue weighted by Crippen LogP contribution is -2.56. The fraction of sp³-hybridized carbons (Fsp3) is 0.385. The van der Waals surface area contributed by atoms with Gasteiger partial charge in [0.2, 0.25) is 5.91 Å². The summed E-state index contributed by atoms with van der Waals surface area (Å²) in [7, 11) is 1.23. The highest BCUT2D eigenvalue weighted by Crippen LogP contribution is 2.30. The summed E-state index contributed by atoms with van der Waals surface area (Å²) in [6.07, 6.45) is 2.04. The third kappa shape index (κ3) is 2.58. The predicted octanol–water partition coefficient (Wildman–Crippen LogP) is 1.43. The smallest absolute Gasteiger partial charge is 0.337 e. The van der Waals surface area contributed by atoms with Crippen molar-refractivity contribution in [1.82, 2.24) is 0 Å². The van der Waals surface area contributed by atoms with Crippen molar-refractivity contribution >= 4 is 17.6 Å². The Labute approximate surface area is 109 Å². The standard InChI is InChI=1S/C13H15FN2O3/c1-19-11(17)8-3-4-9(14)10(7-8)16-12(18)13(15)5-2-6-13/h3-4,7H,2,5-6,15H2,1H3,(H,16,18). The second-order valence-electron chi connectivity index (χ2n) is 4.65. The van der Waals surface area contributed by atoms with Crippen molar-refractivity contribution in [2.45, 2.75) is 24.8 Å². The normalized spacial score (nSPS) is 16.4. The molecule has 0 radical (unpaired) electrons. The number of carbonyl (C=O) groups excluding carboxylic acids is 2. The van der Waals surface area contributed by atoms with Gasteiger partial charge < -0.3 is 15.8 Å². The number of esters is 1. The molecule has 0 bridgehead atoms. The summed E-state index contributed by atoms with van der Waals surface area (Å²) in [5, 5.41) is 2.43. The molecule has 1 saturated carbocycles. The molecular formula is C13H15FN2O3. The number of methoxy groups -OCH3 is 1. The van der Waals surface area contributed by atoms with E-state index in [2.05, 4.69) is 10.1 Å². The van der Waals surface area contributed by atoms with Crippen LogP contribution >= 0.6 is 0 Å². The molecule has 0 aliphatic heterocycles. The van der Waals surface area contributed by atoms with Crippen molar-refractivity contribution in [2.75, 3.05) is 12.4 Å². The maximum absolute atomic E-state index is 13.6. The molecule has 1 aromatic carbocycles. The van der Waals surface area contributed by atoms with Gasteiger partial charge >= 0.3 is 5.97 Å². The third-order valence-corrected chi connectivity index (χ3v) is 3.33. The van der Waals surface area contributed by atoms with E-state index in [0.717, 1.165) is 12.5 Å². The molecule has 102 valence electrons. The van der Waals surface area contributed by atoms with Gasteiger partial charge in [-0.1, -0.05) is 0 Å². The zero-order valence-corrected chi connectivity index (χ0v) is 10.5. The summed E-state index contributed by atoms with van der Waals surface area (Å²) in [5.41, 5.74) is 5.02. The van der Waals surface area contributed by atoms with Gasteiger partial charge in [0.05, 0.1) is 23.9 Å². The van der Waals surface area contributed by atoms with Crippen molar-refractivity contribution < 1.29 is 18.7 Å².